The summed E-state index contributed by atoms with van der Waals surface area (Å²) >= 11 is 0. The summed E-state index contributed by atoms with van der Waals surface area (Å²) in [5.74, 6) is 1.44. The molecule has 1 aromatic heterocycles. The molecule has 108 valence electrons. The minimum absolute atomic E-state index is 0.539. The van der Waals surface area contributed by atoms with Crippen LogP contribution in [0.4, 0.5) is 5.82 Å². The molecule has 22 heavy (non-hydrogen) atoms. The molecule has 0 bridgehead atoms. The average molecular weight is 288 g/mol. The van der Waals surface area contributed by atoms with Crippen molar-refractivity contribution in [3.05, 3.63) is 71.7 Å². The molecule has 2 N–H and O–H groups in total. The van der Waals surface area contributed by atoms with Gasteiger partial charge in [0.1, 0.15) is 11.6 Å². The number of hydrogen-bond acceptors (Lipinski definition) is 3. The second-order valence-electron chi connectivity index (χ2n) is 5.20. The number of nitrogens with zero attached hydrogens (tertiary/aromatic N) is 3. The van der Waals surface area contributed by atoms with Crippen molar-refractivity contribution >= 4 is 5.82 Å². The fourth-order valence-electron chi connectivity index (χ4n) is 2.51. The molecule has 3 rings (SSSR count). The van der Waals surface area contributed by atoms with Crippen molar-refractivity contribution in [3.8, 4) is 17.2 Å². The van der Waals surface area contributed by atoms with Crippen LogP contribution in [0.15, 0.2) is 54.7 Å². The zero-order valence-corrected chi connectivity index (χ0v) is 12.3. The van der Waals surface area contributed by atoms with Crippen LogP contribution in [0.1, 0.15) is 17.0 Å². The van der Waals surface area contributed by atoms with Gasteiger partial charge in [-0.25, -0.2) is 4.98 Å². The first-order valence-corrected chi connectivity index (χ1v) is 7.05. The smallest absolute Gasteiger partial charge is 0.141 e. The molecule has 4 nitrogen and oxygen atoms in total. The van der Waals surface area contributed by atoms with Crippen LogP contribution in [0, 0.1) is 18.3 Å². The van der Waals surface area contributed by atoms with Crippen LogP contribution in [0.2, 0.25) is 0 Å². The molecule has 2 aromatic carbocycles. The third kappa shape index (κ3) is 2.70. The first-order chi connectivity index (χ1) is 10.7. The van der Waals surface area contributed by atoms with Crippen LogP contribution in [-0.2, 0) is 6.54 Å². The number of rotatable bonds is 3. The minimum Gasteiger partial charge on any atom is -0.382 e. The second kappa shape index (κ2) is 5.74. The number of nitrogen functional groups attached to an aromatic ring is 1. The summed E-state index contributed by atoms with van der Waals surface area (Å²) < 4.78 is 2.02. The van der Waals surface area contributed by atoms with E-state index in [-0.39, 0.29) is 0 Å². The lowest BCUT2D eigenvalue weighted by Gasteiger charge is -2.08. The second-order valence-corrected chi connectivity index (χ2v) is 5.20. The third-order valence-electron chi connectivity index (χ3n) is 3.66. The van der Waals surface area contributed by atoms with E-state index < -0.39 is 0 Å². The standard InChI is InChI=1S/C18H16N4/c1-13-21-18(20)12-22(13)11-14-6-8-15(9-7-14)17-5-3-2-4-16(17)10-19/h2-9,12H,11,20H2,1H3. The molecule has 1 heterocycles. The Morgan fingerprint density at radius 2 is 1.86 bits per heavy atom. The van der Waals surface area contributed by atoms with Gasteiger partial charge in [-0.1, -0.05) is 42.5 Å². The molecule has 0 saturated heterocycles. The van der Waals surface area contributed by atoms with E-state index in [4.69, 9.17) is 5.73 Å². The molecule has 0 fully saturated rings. The highest BCUT2D eigenvalue weighted by molar-refractivity contribution is 5.70. The summed E-state index contributed by atoms with van der Waals surface area (Å²) in [6.45, 7) is 2.67. The van der Waals surface area contributed by atoms with Gasteiger partial charge in [-0.3, -0.25) is 0 Å². The lowest BCUT2D eigenvalue weighted by Crippen LogP contribution is -2.00. The van der Waals surface area contributed by atoms with E-state index in [9.17, 15) is 5.26 Å². The number of nitriles is 1. The molecule has 0 aliphatic heterocycles. The highest BCUT2D eigenvalue weighted by atomic mass is 15.1. The normalized spacial score (nSPS) is 10.4. The number of aryl methyl sites for hydroxylation is 1. The van der Waals surface area contributed by atoms with Crippen molar-refractivity contribution < 1.29 is 0 Å². The maximum Gasteiger partial charge on any atom is 0.141 e. The van der Waals surface area contributed by atoms with Gasteiger partial charge >= 0.3 is 0 Å². The molecule has 0 radical (unpaired) electrons. The van der Waals surface area contributed by atoms with E-state index in [2.05, 4.69) is 23.2 Å². The summed E-state index contributed by atoms with van der Waals surface area (Å²) in [6.07, 6.45) is 1.84. The van der Waals surface area contributed by atoms with E-state index in [1.807, 2.05) is 54.1 Å². The average Bonchev–Trinajstić information content (AvgIpc) is 2.85. The van der Waals surface area contributed by atoms with Gasteiger partial charge in [0, 0.05) is 12.7 Å². The number of hydrogen-bond donors (Lipinski definition) is 1. The van der Waals surface area contributed by atoms with Crippen LogP contribution in [0.25, 0.3) is 11.1 Å². The molecule has 0 unspecified atom stereocenters. The Bertz CT molecular complexity index is 838. The Balaban J connectivity index is 1.87. The van der Waals surface area contributed by atoms with Crippen molar-refractivity contribution in [3.63, 3.8) is 0 Å². The summed E-state index contributed by atoms with van der Waals surface area (Å²) in [6, 6.07) is 18.1. The Morgan fingerprint density at radius 1 is 1.14 bits per heavy atom. The third-order valence-corrected chi connectivity index (χ3v) is 3.66. The molecular weight excluding hydrogens is 272 g/mol. The number of nitrogens with two attached hydrogens (primary N) is 1. The molecule has 4 heteroatoms. The monoisotopic (exact) mass is 288 g/mol. The Kier molecular flexibility index (Phi) is 3.63. The van der Waals surface area contributed by atoms with Crippen molar-refractivity contribution in [2.75, 3.05) is 5.73 Å². The highest BCUT2D eigenvalue weighted by Gasteiger charge is 2.05. The predicted octanol–water partition coefficient (Wildman–Crippen LogP) is 3.36. The SMILES string of the molecule is Cc1nc(N)cn1Cc1ccc(-c2ccccc2C#N)cc1. The van der Waals surface area contributed by atoms with Gasteiger partial charge in [-0.2, -0.15) is 5.26 Å². The van der Waals surface area contributed by atoms with Gasteiger partial charge in [0.15, 0.2) is 0 Å². The van der Waals surface area contributed by atoms with Crippen LogP contribution >= 0.6 is 0 Å². The van der Waals surface area contributed by atoms with E-state index in [1.165, 1.54) is 5.56 Å². The van der Waals surface area contributed by atoms with Crippen molar-refractivity contribution in [1.29, 1.82) is 5.26 Å². The summed E-state index contributed by atoms with van der Waals surface area (Å²) in [7, 11) is 0. The Labute approximate surface area is 129 Å². The van der Waals surface area contributed by atoms with Crippen LogP contribution < -0.4 is 5.73 Å². The fourth-order valence-corrected chi connectivity index (χ4v) is 2.51. The van der Waals surface area contributed by atoms with Gasteiger partial charge in [-0.15, -0.1) is 0 Å². The topological polar surface area (TPSA) is 67.6 Å². The van der Waals surface area contributed by atoms with Crippen LogP contribution in [-0.4, -0.2) is 9.55 Å². The van der Waals surface area contributed by atoms with E-state index in [1.54, 1.807) is 0 Å². The first kappa shape index (κ1) is 13.9. The largest absolute Gasteiger partial charge is 0.382 e. The summed E-state index contributed by atoms with van der Waals surface area (Å²) in [4.78, 5) is 4.20. The molecule has 0 spiro atoms. The Morgan fingerprint density at radius 3 is 2.50 bits per heavy atom. The first-order valence-electron chi connectivity index (χ1n) is 7.05. The van der Waals surface area contributed by atoms with Gasteiger partial charge < -0.3 is 10.3 Å². The summed E-state index contributed by atoms with van der Waals surface area (Å²) in [5.41, 5.74) is 9.56. The lowest BCUT2D eigenvalue weighted by molar-refractivity contribution is 0.762. The maximum absolute atomic E-state index is 9.19. The molecule has 0 atom stereocenters. The number of anilines is 1. The molecule has 0 amide bonds. The Hall–Kier alpha value is -3.06. The maximum atomic E-state index is 9.19. The number of aromatic nitrogens is 2. The van der Waals surface area contributed by atoms with Gasteiger partial charge in [0.2, 0.25) is 0 Å². The van der Waals surface area contributed by atoms with Gasteiger partial charge in [-0.05, 0) is 29.7 Å². The van der Waals surface area contributed by atoms with Crippen molar-refractivity contribution in [2.24, 2.45) is 0 Å². The molecule has 3 aromatic rings. The van der Waals surface area contributed by atoms with Gasteiger partial charge in [0.05, 0.1) is 11.6 Å². The van der Waals surface area contributed by atoms with Crippen molar-refractivity contribution in [1.82, 2.24) is 9.55 Å². The zero-order chi connectivity index (χ0) is 15.5. The molecule has 0 aliphatic carbocycles. The van der Waals surface area contributed by atoms with Gasteiger partial charge in [0.25, 0.3) is 0 Å². The number of imidazole rings is 1. The molecular formula is C18H16N4. The minimum atomic E-state index is 0.539. The van der Waals surface area contributed by atoms with E-state index in [0.717, 1.165) is 23.5 Å². The molecule has 0 aliphatic rings. The summed E-state index contributed by atoms with van der Waals surface area (Å²) in [5, 5.41) is 9.19. The zero-order valence-electron chi connectivity index (χ0n) is 12.3. The van der Waals surface area contributed by atoms with Crippen LogP contribution in [0.3, 0.4) is 0 Å². The fraction of sp³-hybridized carbons (Fsp3) is 0.111. The molecule has 0 saturated carbocycles. The predicted molar refractivity (Wildman–Crippen MR) is 87.1 cm³/mol. The van der Waals surface area contributed by atoms with Crippen LogP contribution in [0.5, 0.6) is 0 Å². The highest BCUT2D eigenvalue weighted by Crippen LogP contribution is 2.23. The van der Waals surface area contributed by atoms with Crippen molar-refractivity contribution in [2.45, 2.75) is 13.5 Å². The van der Waals surface area contributed by atoms with E-state index >= 15 is 0 Å². The quantitative estimate of drug-likeness (QED) is 0.803. The van der Waals surface area contributed by atoms with E-state index in [0.29, 0.717) is 11.4 Å². The lowest BCUT2D eigenvalue weighted by atomic mass is 9.99. The number of benzene rings is 2.